The van der Waals surface area contributed by atoms with Gasteiger partial charge in [0.25, 0.3) is 0 Å². The first-order valence-electron chi connectivity index (χ1n) is 8.63. The first-order valence-corrected chi connectivity index (χ1v) is 10.1. The first-order chi connectivity index (χ1) is 13.6. The fourth-order valence-electron chi connectivity index (χ4n) is 2.89. The van der Waals surface area contributed by atoms with Crippen molar-refractivity contribution in [3.8, 4) is 5.75 Å². The van der Waals surface area contributed by atoms with Crippen LogP contribution >= 0.6 is 0 Å². The summed E-state index contributed by atoms with van der Waals surface area (Å²) in [4.78, 5) is 15.0. The van der Waals surface area contributed by atoms with Crippen LogP contribution in [0.4, 0.5) is 10.1 Å². The Hall–Kier alpha value is -3.05. The molecule has 9 nitrogen and oxygen atoms in total. The number of aromatic nitrogens is 2. The van der Waals surface area contributed by atoms with Gasteiger partial charge in [0.15, 0.2) is 5.75 Å². The molecule has 0 aliphatic rings. The predicted octanol–water partition coefficient (Wildman–Crippen LogP) is 2.93. The number of nitro benzene ring substituents is 1. The number of imidazole rings is 1. The van der Waals surface area contributed by atoms with Gasteiger partial charge in [-0.2, -0.15) is 0 Å². The van der Waals surface area contributed by atoms with E-state index in [0.29, 0.717) is 23.4 Å². The Balaban J connectivity index is 1.98. The van der Waals surface area contributed by atoms with Crippen LogP contribution in [0.5, 0.6) is 5.75 Å². The molecule has 0 atom stereocenters. The minimum Gasteiger partial charge on any atom is -0.479 e. The van der Waals surface area contributed by atoms with Crippen LogP contribution in [0, 0.1) is 15.9 Å². The van der Waals surface area contributed by atoms with Gasteiger partial charge in [0.1, 0.15) is 18.2 Å². The number of benzene rings is 2. The Kier molecular flexibility index (Phi) is 5.53. The van der Waals surface area contributed by atoms with Gasteiger partial charge in [0.05, 0.1) is 20.9 Å². The van der Waals surface area contributed by atoms with Crippen LogP contribution in [0.1, 0.15) is 12.7 Å². The van der Waals surface area contributed by atoms with E-state index in [1.165, 1.54) is 26.2 Å². The first kappa shape index (κ1) is 20.7. The number of sulfonamides is 1. The number of halogens is 1. The lowest BCUT2D eigenvalue weighted by molar-refractivity contribution is -0.386. The van der Waals surface area contributed by atoms with Crippen LogP contribution in [0.25, 0.3) is 11.0 Å². The number of rotatable bonds is 7. The van der Waals surface area contributed by atoms with Crippen LogP contribution in [-0.4, -0.2) is 41.3 Å². The maximum absolute atomic E-state index is 13.5. The molecule has 0 saturated carbocycles. The molecule has 0 saturated heterocycles. The van der Waals surface area contributed by atoms with Gasteiger partial charge < -0.3 is 9.30 Å². The summed E-state index contributed by atoms with van der Waals surface area (Å²) in [5.41, 5.74) is 0.782. The lowest BCUT2D eigenvalue weighted by Gasteiger charge is -2.11. The quantitative estimate of drug-likeness (QED) is 0.428. The summed E-state index contributed by atoms with van der Waals surface area (Å²) < 4.78 is 46.6. The van der Waals surface area contributed by atoms with Gasteiger partial charge in [-0.25, -0.2) is 22.1 Å². The summed E-state index contributed by atoms with van der Waals surface area (Å²) in [6, 6.07) is 7.57. The van der Waals surface area contributed by atoms with E-state index < -0.39 is 20.8 Å². The number of nitro groups is 1. The van der Waals surface area contributed by atoms with Gasteiger partial charge in [-0.1, -0.05) is 0 Å². The highest BCUT2D eigenvalue weighted by molar-refractivity contribution is 7.89. The molecule has 1 heterocycles. The average Bonchev–Trinajstić information content (AvgIpc) is 3.02. The van der Waals surface area contributed by atoms with Crippen LogP contribution in [-0.2, 0) is 23.2 Å². The summed E-state index contributed by atoms with van der Waals surface area (Å²) in [6.45, 7) is 2.24. The van der Waals surface area contributed by atoms with Crippen molar-refractivity contribution in [2.75, 3.05) is 14.1 Å². The summed E-state index contributed by atoms with van der Waals surface area (Å²) in [6.07, 6.45) is 0. The van der Waals surface area contributed by atoms with E-state index in [2.05, 4.69) is 4.98 Å². The SMILES string of the molecule is CCn1c(COc2cc(F)ccc2[N+](=O)[O-])nc2cc(S(=O)(=O)N(C)C)ccc21. The second kappa shape index (κ2) is 7.76. The van der Waals surface area contributed by atoms with E-state index in [1.54, 1.807) is 10.6 Å². The lowest BCUT2D eigenvalue weighted by Crippen LogP contribution is -2.22. The zero-order valence-corrected chi connectivity index (χ0v) is 16.8. The summed E-state index contributed by atoms with van der Waals surface area (Å²) in [5, 5.41) is 11.1. The van der Waals surface area contributed by atoms with Gasteiger partial charge in [-0.3, -0.25) is 10.1 Å². The van der Waals surface area contributed by atoms with Crippen molar-refractivity contribution in [3.63, 3.8) is 0 Å². The van der Waals surface area contributed by atoms with Crippen LogP contribution in [0.3, 0.4) is 0 Å². The number of nitrogens with zero attached hydrogens (tertiary/aromatic N) is 4. The molecule has 0 amide bonds. The minimum atomic E-state index is -3.62. The number of hydrogen-bond acceptors (Lipinski definition) is 6. The maximum Gasteiger partial charge on any atom is 0.311 e. The van der Waals surface area contributed by atoms with E-state index in [-0.39, 0.29) is 22.9 Å². The third kappa shape index (κ3) is 3.91. The Morgan fingerprint density at radius 1 is 1.24 bits per heavy atom. The van der Waals surface area contributed by atoms with Gasteiger partial charge >= 0.3 is 5.69 Å². The molecular weight excluding hydrogens is 403 g/mol. The van der Waals surface area contributed by atoms with Crippen molar-refractivity contribution >= 4 is 26.7 Å². The third-order valence-corrected chi connectivity index (χ3v) is 6.18. The molecule has 0 spiro atoms. The van der Waals surface area contributed by atoms with Crippen LogP contribution in [0.15, 0.2) is 41.3 Å². The molecule has 2 aromatic carbocycles. The highest BCUT2D eigenvalue weighted by atomic mass is 32.2. The Labute approximate surface area is 166 Å². The highest BCUT2D eigenvalue weighted by Gasteiger charge is 2.21. The molecule has 29 heavy (non-hydrogen) atoms. The lowest BCUT2D eigenvalue weighted by atomic mass is 10.3. The molecule has 3 aromatic rings. The molecule has 0 unspecified atom stereocenters. The summed E-state index contributed by atoms with van der Waals surface area (Å²) >= 11 is 0. The van der Waals surface area contributed by atoms with Crippen molar-refractivity contribution in [1.82, 2.24) is 13.9 Å². The summed E-state index contributed by atoms with van der Waals surface area (Å²) in [5.74, 6) is -0.436. The Morgan fingerprint density at radius 3 is 2.59 bits per heavy atom. The van der Waals surface area contributed by atoms with Crippen molar-refractivity contribution in [3.05, 3.63) is 58.2 Å². The van der Waals surface area contributed by atoms with E-state index in [0.717, 1.165) is 22.5 Å². The number of ether oxygens (including phenoxy) is 1. The van der Waals surface area contributed by atoms with Gasteiger partial charge in [-0.05, 0) is 31.2 Å². The topological polar surface area (TPSA) is 108 Å². The molecular formula is C18H19FN4O5S. The van der Waals surface area contributed by atoms with Crippen molar-refractivity contribution in [1.29, 1.82) is 0 Å². The van der Waals surface area contributed by atoms with Gasteiger partial charge in [0.2, 0.25) is 10.0 Å². The molecule has 11 heteroatoms. The minimum absolute atomic E-state index is 0.101. The van der Waals surface area contributed by atoms with Crippen molar-refractivity contribution < 1.29 is 22.5 Å². The largest absolute Gasteiger partial charge is 0.479 e. The van der Waals surface area contributed by atoms with Crippen molar-refractivity contribution in [2.24, 2.45) is 0 Å². The molecule has 3 rings (SSSR count). The monoisotopic (exact) mass is 422 g/mol. The highest BCUT2D eigenvalue weighted by Crippen LogP contribution is 2.29. The molecule has 154 valence electrons. The Bertz CT molecular complexity index is 1190. The smallest absolute Gasteiger partial charge is 0.311 e. The van der Waals surface area contributed by atoms with E-state index >= 15 is 0 Å². The zero-order valence-electron chi connectivity index (χ0n) is 16.0. The molecule has 0 aliphatic carbocycles. The molecule has 0 aliphatic heterocycles. The second-order valence-corrected chi connectivity index (χ2v) is 8.52. The predicted molar refractivity (Wildman–Crippen MR) is 104 cm³/mol. The number of aryl methyl sites for hydroxylation is 1. The normalized spacial score (nSPS) is 11.9. The van der Waals surface area contributed by atoms with Crippen LogP contribution < -0.4 is 4.74 Å². The fraction of sp³-hybridized carbons (Fsp3) is 0.278. The van der Waals surface area contributed by atoms with E-state index in [4.69, 9.17) is 4.74 Å². The maximum atomic E-state index is 13.5. The fourth-order valence-corrected chi connectivity index (χ4v) is 3.81. The summed E-state index contributed by atoms with van der Waals surface area (Å²) in [7, 11) is -0.738. The number of fused-ring (bicyclic) bond motifs is 1. The van der Waals surface area contributed by atoms with Gasteiger partial charge in [-0.15, -0.1) is 0 Å². The standard InChI is InChI=1S/C18H19FN4O5S/c1-4-22-15-8-6-13(29(26,27)21(2)3)10-14(15)20-18(22)11-28-17-9-12(19)5-7-16(17)23(24)25/h5-10H,4,11H2,1-3H3. The van der Waals surface area contributed by atoms with Crippen LogP contribution in [0.2, 0.25) is 0 Å². The van der Waals surface area contributed by atoms with Gasteiger partial charge in [0, 0.05) is 32.8 Å². The average molecular weight is 422 g/mol. The van der Waals surface area contributed by atoms with E-state index in [1.807, 2.05) is 6.92 Å². The van der Waals surface area contributed by atoms with E-state index in [9.17, 15) is 22.9 Å². The number of hydrogen-bond donors (Lipinski definition) is 0. The zero-order chi connectivity index (χ0) is 21.3. The molecule has 0 fully saturated rings. The molecule has 1 aromatic heterocycles. The molecule has 0 radical (unpaired) electrons. The van der Waals surface area contributed by atoms with Crippen molar-refractivity contribution in [2.45, 2.75) is 25.0 Å². The molecule has 0 N–H and O–H groups in total. The third-order valence-electron chi connectivity index (χ3n) is 4.37. The second-order valence-electron chi connectivity index (χ2n) is 6.37. The Morgan fingerprint density at radius 2 is 1.97 bits per heavy atom. The molecule has 0 bridgehead atoms.